The maximum atomic E-state index is 11.6. The molecular formula is C23H45N3OS2. The molecule has 0 aliphatic heterocycles. The van der Waals surface area contributed by atoms with Gasteiger partial charge in [-0.05, 0) is 49.8 Å². The summed E-state index contributed by atoms with van der Waals surface area (Å²) in [5, 5.41) is 2.98. The van der Waals surface area contributed by atoms with Gasteiger partial charge in [-0.25, -0.2) is 0 Å². The van der Waals surface area contributed by atoms with Crippen molar-refractivity contribution in [3.8, 4) is 0 Å². The zero-order valence-electron chi connectivity index (χ0n) is 18.8. The van der Waals surface area contributed by atoms with Gasteiger partial charge >= 0.3 is 0 Å². The van der Waals surface area contributed by atoms with E-state index in [9.17, 15) is 4.79 Å². The Morgan fingerprint density at radius 2 is 1.83 bits per heavy atom. The van der Waals surface area contributed by atoms with Crippen LogP contribution in [0.2, 0.25) is 0 Å². The lowest BCUT2D eigenvalue weighted by atomic mass is 9.95. The van der Waals surface area contributed by atoms with E-state index in [1.54, 1.807) is 21.6 Å². The van der Waals surface area contributed by atoms with Crippen molar-refractivity contribution in [2.75, 3.05) is 31.1 Å². The van der Waals surface area contributed by atoms with Gasteiger partial charge in [-0.15, -0.1) is 0 Å². The molecular weight excluding hydrogens is 398 g/mol. The van der Waals surface area contributed by atoms with Crippen molar-refractivity contribution >= 4 is 27.5 Å². The fraction of sp³-hybridized carbons (Fsp3) is 0.696. The lowest BCUT2D eigenvalue weighted by Gasteiger charge is -2.13. The van der Waals surface area contributed by atoms with E-state index in [2.05, 4.69) is 50.4 Å². The lowest BCUT2D eigenvalue weighted by molar-refractivity contribution is -0.121. The normalized spacial score (nSPS) is 11.5. The molecule has 0 heterocycles. The third-order valence-electron chi connectivity index (χ3n) is 4.76. The van der Waals surface area contributed by atoms with Crippen LogP contribution in [-0.2, 0) is 11.2 Å². The van der Waals surface area contributed by atoms with Crippen LogP contribution < -0.4 is 16.8 Å². The second kappa shape index (κ2) is 20.6. The van der Waals surface area contributed by atoms with Gasteiger partial charge in [-0.2, -0.15) is 0 Å². The Morgan fingerprint density at radius 3 is 2.45 bits per heavy atom. The van der Waals surface area contributed by atoms with Crippen LogP contribution in [0.1, 0.15) is 64.9 Å². The summed E-state index contributed by atoms with van der Waals surface area (Å²) in [6.45, 7) is 8.84. The monoisotopic (exact) mass is 443 g/mol. The molecule has 0 bridgehead atoms. The van der Waals surface area contributed by atoms with Gasteiger partial charge in [-0.1, -0.05) is 79.0 Å². The van der Waals surface area contributed by atoms with Gasteiger partial charge in [0, 0.05) is 32.4 Å². The van der Waals surface area contributed by atoms with Crippen LogP contribution in [0.4, 0.5) is 0 Å². The molecule has 0 saturated heterocycles. The molecule has 0 fully saturated rings. The van der Waals surface area contributed by atoms with Gasteiger partial charge in [0.25, 0.3) is 0 Å². The van der Waals surface area contributed by atoms with E-state index in [0.29, 0.717) is 6.42 Å². The number of hydrogen-bond donors (Lipinski definition) is 3. The van der Waals surface area contributed by atoms with Gasteiger partial charge in [0.05, 0.1) is 0 Å². The van der Waals surface area contributed by atoms with Gasteiger partial charge < -0.3 is 16.8 Å². The average molecular weight is 444 g/mol. The predicted octanol–water partition coefficient (Wildman–Crippen LogP) is 5.18. The Morgan fingerprint density at radius 1 is 1.10 bits per heavy atom. The number of nitrogens with one attached hydrogen (secondary N) is 1. The Balaban J connectivity index is 0. The number of hydrogen-bond acceptors (Lipinski definition) is 5. The second-order valence-corrected chi connectivity index (χ2v) is 9.91. The smallest absolute Gasteiger partial charge is 0.220 e. The molecule has 1 aromatic rings. The molecule has 170 valence electrons. The van der Waals surface area contributed by atoms with Crippen molar-refractivity contribution in [2.24, 2.45) is 17.4 Å². The maximum absolute atomic E-state index is 11.6. The van der Waals surface area contributed by atoms with E-state index in [1.165, 1.54) is 30.4 Å². The molecule has 1 atom stereocenters. The van der Waals surface area contributed by atoms with Crippen LogP contribution in [0.3, 0.4) is 0 Å². The Kier molecular flexibility index (Phi) is 20.1. The number of aryl methyl sites for hydroxylation is 2. The van der Waals surface area contributed by atoms with Crippen LogP contribution in [0.5, 0.6) is 0 Å². The van der Waals surface area contributed by atoms with Crippen LogP contribution in [0, 0.1) is 12.8 Å². The maximum Gasteiger partial charge on any atom is 0.220 e. The van der Waals surface area contributed by atoms with E-state index in [1.807, 2.05) is 0 Å². The van der Waals surface area contributed by atoms with E-state index in [-0.39, 0.29) is 7.33 Å². The summed E-state index contributed by atoms with van der Waals surface area (Å²) >= 11 is 0. The third kappa shape index (κ3) is 16.8. The average Bonchev–Trinajstić information content (AvgIpc) is 2.73. The highest BCUT2D eigenvalue weighted by molar-refractivity contribution is 8.76. The molecule has 0 spiro atoms. The molecule has 1 rings (SSSR count). The first-order valence-corrected chi connectivity index (χ1v) is 13.5. The number of rotatable bonds is 15. The Bertz CT molecular complexity index is 521. The highest BCUT2D eigenvalue weighted by Crippen LogP contribution is 2.19. The molecule has 0 aliphatic carbocycles. The minimum atomic E-state index is 0. The molecule has 5 N–H and O–H groups in total. The summed E-state index contributed by atoms with van der Waals surface area (Å²) in [6.07, 6.45) is 7.57. The van der Waals surface area contributed by atoms with Gasteiger partial charge in [0.1, 0.15) is 0 Å². The van der Waals surface area contributed by atoms with Gasteiger partial charge in [0.15, 0.2) is 0 Å². The van der Waals surface area contributed by atoms with Crippen molar-refractivity contribution in [1.29, 1.82) is 0 Å². The zero-order chi connectivity index (χ0) is 21.7. The topological polar surface area (TPSA) is 81.1 Å². The van der Waals surface area contributed by atoms with Crippen LogP contribution in [-0.4, -0.2) is 37.0 Å². The molecule has 0 radical (unpaired) electrons. The SMILES string of the molecule is CCCC(CC)CCC(=O)NCCSSCCN.Cc1ccccc1CCCN.[HH]. The molecule has 29 heavy (non-hydrogen) atoms. The van der Waals surface area contributed by atoms with E-state index in [0.717, 1.165) is 56.3 Å². The second-order valence-electron chi connectivity index (χ2n) is 7.20. The first kappa shape index (κ1) is 28.3. The van der Waals surface area contributed by atoms with Crippen LogP contribution in [0.25, 0.3) is 0 Å². The number of amides is 1. The third-order valence-corrected chi connectivity index (χ3v) is 7.20. The molecule has 1 amide bonds. The van der Waals surface area contributed by atoms with Crippen molar-refractivity contribution in [3.63, 3.8) is 0 Å². The quantitative estimate of drug-likeness (QED) is 0.257. The molecule has 0 saturated carbocycles. The van der Waals surface area contributed by atoms with Crippen molar-refractivity contribution in [2.45, 2.75) is 65.7 Å². The first-order chi connectivity index (χ1) is 14.1. The summed E-state index contributed by atoms with van der Waals surface area (Å²) in [5.41, 5.74) is 13.6. The van der Waals surface area contributed by atoms with E-state index in [4.69, 9.17) is 11.5 Å². The zero-order valence-corrected chi connectivity index (χ0v) is 20.4. The molecule has 1 unspecified atom stereocenters. The highest BCUT2D eigenvalue weighted by atomic mass is 33.1. The fourth-order valence-electron chi connectivity index (χ4n) is 2.97. The minimum absolute atomic E-state index is 0. The first-order valence-electron chi connectivity index (χ1n) is 11.0. The van der Waals surface area contributed by atoms with Crippen molar-refractivity contribution < 1.29 is 6.22 Å². The molecule has 0 aromatic heterocycles. The summed E-state index contributed by atoms with van der Waals surface area (Å²) in [7, 11) is 3.55. The Labute approximate surface area is 188 Å². The molecule has 6 heteroatoms. The summed E-state index contributed by atoms with van der Waals surface area (Å²) in [4.78, 5) is 11.6. The van der Waals surface area contributed by atoms with E-state index < -0.39 is 0 Å². The Hall–Kier alpha value is -0.690. The number of benzene rings is 1. The highest BCUT2D eigenvalue weighted by Gasteiger charge is 2.08. The number of nitrogens with two attached hydrogens (primary N) is 2. The lowest BCUT2D eigenvalue weighted by Crippen LogP contribution is -2.25. The van der Waals surface area contributed by atoms with Gasteiger partial charge in [-0.3, -0.25) is 4.79 Å². The van der Waals surface area contributed by atoms with Gasteiger partial charge in [0.2, 0.25) is 5.91 Å². The molecule has 4 nitrogen and oxygen atoms in total. The standard InChI is InChI=1S/C13H28N2OS2.C10H15N.H2/c1-3-5-12(4-2)6-7-13(16)15-9-11-18-17-10-8-14;1-9-5-2-3-6-10(9)7-4-8-11;/h12H,3-11,14H2,1-2H3,(H,15,16);2-3,5-6H,4,7-8,11H2,1H3;1H. The van der Waals surface area contributed by atoms with Crippen molar-refractivity contribution in [3.05, 3.63) is 35.4 Å². The fourth-order valence-corrected chi connectivity index (χ4v) is 4.73. The largest absolute Gasteiger partial charge is 0.355 e. The van der Waals surface area contributed by atoms with Crippen molar-refractivity contribution in [1.82, 2.24) is 5.32 Å². The predicted molar refractivity (Wildman–Crippen MR) is 136 cm³/mol. The number of carbonyl (C=O) groups is 1. The van der Waals surface area contributed by atoms with E-state index >= 15 is 0 Å². The molecule has 1 aromatic carbocycles. The summed E-state index contributed by atoms with van der Waals surface area (Å²) < 4.78 is 0. The summed E-state index contributed by atoms with van der Waals surface area (Å²) in [6, 6.07) is 8.47. The van der Waals surface area contributed by atoms with Crippen LogP contribution >= 0.6 is 21.6 Å². The molecule has 0 aliphatic rings. The minimum Gasteiger partial charge on any atom is -0.355 e. The summed E-state index contributed by atoms with van der Waals surface area (Å²) in [5.74, 6) is 2.86. The van der Waals surface area contributed by atoms with Crippen LogP contribution in [0.15, 0.2) is 24.3 Å². The number of carbonyl (C=O) groups excluding carboxylic acids is 1.